The number of benzene rings is 1. The minimum absolute atomic E-state index is 0.0876. The maximum Gasteiger partial charge on any atom is 0.472 e. The number of nitrogens with zero attached hydrogens (tertiary/aromatic N) is 2. The van der Waals surface area contributed by atoms with Gasteiger partial charge < -0.3 is 19.0 Å². The number of phosphoric acid groups is 1. The number of unbranched alkanes of at least 4 members (excludes halogenated alkanes) is 13. The van der Waals surface area contributed by atoms with Crippen LogP contribution in [0, 0.1) is 0 Å². The van der Waals surface area contributed by atoms with Gasteiger partial charge in [0.2, 0.25) is 5.91 Å². The highest BCUT2D eigenvalue weighted by Crippen LogP contribution is 2.44. The van der Waals surface area contributed by atoms with Crippen molar-refractivity contribution in [3.05, 3.63) is 35.9 Å². The van der Waals surface area contributed by atoms with Crippen LogP contribution < -0.4 is 0 Å². The standard InChI is InChI=1S/C33H61N2O6P/c1-6-7-8-9-10-11-12-13-14-15-16-17-18-22-26-39-30-33(41-42(37,38)40-27-25-35(3,4)5)29-34(31(2)36)28-32-23-20-19-21-24-32/h19-21,23-24,33H,6-18,22,25-30H2,1-5H3/p+1. The van der Waals surface area contributed by atoms with E-state index in [0.29, 0.717) is 24.2 Å². The largest absolute Gasteiger partial charge is 0.472 e. The second kappa shape index (κ2) is 23.1. The van der Waals surface area contributed by atoms with Gasteiger partial charge in [-0.15, -0.1) is 0 Å². The first-order chi connectivity index (χ1) is 20.0. The fourth-order valence-electron chi connectivity index (χ4n) is 4.73. The van der Waals surface area contributed by atoms with Gasteiger partial charge in [0.1, 0.15) is 19.3 Å². The topological polar surface area (TPSA) is 85.3 Å². The number of likely N-dealkylation sites (N-methyl/N-ethyl adjacent to an activating group) is 1. The molecule has 2 unspecified atom stereocenters. The van der Waals surface area contributed by atoms with E-state index < -0.39 is 13.9 Å². The summed E-state index contributed by atoms with van der Waals surface area (Å²) in [7, 11) is 1.62. The molecule has 0 heterocycles. The minimum Gasteiger partial charge on any atom is -0.379 e. The summed E-state index contributed by atoms with van der Waals surface area (Å²) in [5.74, 6) is -0.141. The summed E-state index contributed by atoms with van der Waals surface area (Å²) in [6, 6.07) is 9.66. The summed E-state index contributed by atoms with van der Waals surface area (Å²) < 4.78 is 30.0. The Morgan fingerprint density at radius 2 is 1.38 bits per heavy atom. The molecule has 0 aliphatic heterocycles. The van der Waals surface area contributed by atoms with Crippen molar-refractivity contribution < 1.29 is 32.5 Å². The van der Waals surface area contributed by atoms with Gasteiger partial charge in [-0.05, 0) is 12.0 Å². The summed E-state index contributed by atoms with van der Waals surface area (Å²) in [6.45, 7) is 5.58. The third-order valence-corrected chi connectivity index (χ3v) is 8.40. The third kappa shape index (κ3) is 22.3. The van der Waals surface area contributed by atoms with Crippen LogP contribution >= 0.6 is 7.82 Å². The van der Waals surface area contributed by atoms with Crippen LogP contribution in [0.15, 0.2) is 30.3 Å². The lowest BCUT2D eigenvalue weighted by atomic mass is 10.0. The lowest BCUT2D eigenvalue weighted by molar-refractivity contribution is -0.870. The number of carbonyl (C=O) groups excluding carboxylic acids is 1. The van der Waals surface area contributed by atoms with Gasteiger partial charge in [-0.1, -0.05) is 121 Å². The van der Waals surface area contributed by atoms with Gasteiger partial charge in [0.05, 0.1) is 34.3 Å². The van der Waals surface area contributed by atoms with Crippen molar-refractivity contribution in [1.82, 2.24) is 4.90 Å². The number of hydrogen-bond donors (Lipinski definition) is 1. The quantitative estimate of drug-likeness (QED) is 0.0621. The zero-order valence-electron chi connectivity index (χ0n) is 27.4. The molecule has 1 amide bonds. The van der Waals surface area contributed by atoms with Crippen molar-refractivity contribution >= 4 is 13.7 Å². The Balaban J connectivity index is 2.41. The van der Waals surface area contributed by atoms with E-state index in [2.05, 4.69) is 6.92 Å². The fourth-order valence-corrected chi connectivity index (χ4v) is 5.61. The molecule has 1 aromatic rings. The minimum atomic E-state index is -4.32. The first-order valence-electron chi connectivity index (χ1n) is 16.4. The molecular formula is C33H62N2O6P+. The molecule has 2 atom stereocenters. The van der Waals surface area contributed by atoms with Gasteiger partial charge in [-0.2, -0.15) is 0 Å². The second-order valence-electron chi connectivity index (χ2n) is 12.6. The molecule has 0 spiro atoms. The third-order valence-electron chi connectivity index (χ3n) is 7.33. The molecule has 1 N–H and O–H groups in total. The Bertz CT molecular complexity index is 849. The van der Waals surface area contributed by atoms with Crippen LogP contribution in [0.3, 0.4) is 0 Å². The summed E-state index contributed by atoms with van der Waals surface area (Å²) in [5.41, 5.74) is 0.973. The van der Waals surface area contributed by atoms with E-state index in [1.807, 2.05) is 51.5 Å². The maximum atomic E-state index is 12.7. The van der Waals surface area contributed by atoms with Crippen molar-refractivity contribution in [2.75, 3.05) is 54.1 Å². The van der Waals surface area contributed by atoms with Gasteiger partial charge in [-0.25, -0.2) is 4.57 Å². The van der Waals surface area contributed by atoms with E-state index in [0.717, 1.165) is 18.4 Å². The maximum absolute atomic E-state index is 12.7. The van der Waals surface area contributed by atoms with Gasteiger partial charge in [0, 0.05) is 20.1 Å². The molecule has 244 valence electrons. The highest BCUT2D eigenvalue weighted by Gasteiger charge is 2.29. The molecule has 42 heavy (non-hydrogen) atoms. The lowest BCUT2D eigenvalue weighted by Gasteiger charge is -2.28. The molecule has 1 rings (SSSR count). The van der Waals surface area contributed by atoms with Crippen LogP contribution in [0.1, 0.15) is 109 Å². The number of hydrogen-bond acceptors (Lipinski definition) is 5. The molecule has 0 bridgehead atoms. The first kappa shape index (κ1) is 38.7. The summed E-state index contributed by atoms with van der Waals surface area (Å²) in [4.78, 5) is 24.4. The molecule has 0 saturated carbocycles. The second-order valence-corrected chi connectivity index (χ2v) is 14.0. The molecule has 9 heteroatoms. The predicted molar refractivity (Wildman–Crippen MR) is 172 cm³/mol. The number of rotatable bonds is 27. The van der Waals surface area contributed by atoms with Gasteiger partial charge in [0.15, 0.2) is 0 Å². The van der Waals surface area contributed by atoms with Crippen LogP contribution in [0.4, 0.5) is 0 Å². The van der Waals surface area contributed by atoms with E-state index in [4.69, 9.17) is 13.8 Å². The van der Waals surface area contributed by atoms with Crippen LogP contribution in [0.25, 0.3) is 0 Å². The van der Waals surface area contributed by atoms with Crippen LogP contribution in [-0.2, 0) is 29.7 Å². The van der Waals surface area contributed by atoms with E-state index in [-0.39, 0.29) is 25.7 Å². The molecule has 0 aliphatic rings. The lowest BCUT2D eigenvalue weighted by Crippen LogP contribution is -2.39. The Morgan fingerprint density at radius 3 is 1.88 bits per heavy atom. The molecule has 0 fully saturated rings. The van der Waals surface area contributed by atoms with Gasteiger partial charge in [-0.3, -0.25) is 13.8 Å². The van der Waals surface area contributed by atoms with Crippen LogP contribution in [0.2, 0.25) is 0 Å². The number of carbonyl (C=O) groups is 1. The summed E-state index contributed by atoms with van der Waals surface area (Å²) in [6.07, 6.45) is 17.3. The highest BCUT2D eigenvalue weighted by molar-refractivity contribution is 7.47. The molecule has 8 nitrogen and oxygen atoms in total. The number of amides is 1. The van der Waals surface area contributed by atoms with Crippen molar-refractivity contribution in [1.29, 1.82) is 0 Å². The molecule has 1 aromatic carbocycles. The van der Waals surface area contributed by atoms with Gasteiger partial charge >= 0.3 is 7.82 Å². The Morgan fingerprint density at radius 1 is 0.857 bits per heavy atom. The SMILES string of the molecule is CCCCCCCCCCCCCCCCOCC(CN(Cc1ccccc1)C(C)=O)OP(=O)(O)OCC[N+](C)(C)C. The number of phosphoric ester groups is 1. The van der Waals surface area contributed by atoms with Crippen molar-refractivity contribution in [3.63, 3.8) is 0 Å². The molecule has 0 radical (unpaired) electrons. The Labute approximate surface area is 257 Å². The van der Waals surface area contributed by atoms with Crippen molar-refractivity contribution in [2.24, 2.45) is 0 Å². The summed E-state index contributed by atoms with van der Waals surface area (Å²) in [5, 5.41) is 0. The zero-order valence-corrected chi connectivity index (χ0v) is 28.3. The molecule has 0 saturated heterocycles. The van der Waals surface area contributed by atoms with E-state index in [1.165, 1.54) is 84.0 Å². The molecular weight excluding hydrogens is 551 g/mol. The average molecular weight is 614 g/mol. The number of ether oxygens (including phenoxy) is 1. The van der Waals surface area contributed by atoms with Gasteiger partial charge in [0.25, 0.3) is 0 Å². The fraction of sp³-hybridized carbons (Fsp3) is 0.788. The first-order valence-corrected chi connectivity index (χ1v) is 17.9. The van der Waals surface area contributed by atoms with Crippen LogP contribution in [-0.4, -0.2) is 80.3 Å². The molecule has 0 aromatic heterocycles. The summed E-state index contributed by atoms with van der Waals surface area (Å²) >= 11 is 0. The van der Waals surface area contributed by atoms with E-state index in [1.54, 1.807) is 4.90 Å². The average Bonchev–Trinajstić information content (AvgIpc) is 2.91. The normalized spacial score (nSPS) is 14.0. The van der Waals surface area contributed by atoms with E-state index in [9.17, 15) is 14.3 Å². The Hall–Kier alpha value is -1.28. The highest BCUT2D eigenvalue weighted by atomic mass is 31.2. The molecule has 0 aliphatic carbocycles. The van der Waals surface area contributed by atoms with Crippen molar-refractivity contribution in [3.8, 4) is 0 Å². The smallest absolute Gasteiger partial charge is 0.379 e. The number of quaternary nitrogens is 1. The predicted octanol–water partition coefficient (Wildman–Crippen LogP) is 7.74. The zero-order chi connectivity index (χ0) is 31.1. The van der Waals surface area contributed by atoms with Crippen LogP contribution in [0.5, 0.6) is 0 Å². The van der Waals surface area contributed by atoms with Crippen molar-refractivity contribution in [2.45, 2.75) is 116 Å². The Kier molecular flexibility index (Phi) is 21.4. The van der Waals surface area contributed by atoms with E-state index >= 15 is 0 Å². The monoisotopic (exact) mass is 613 g/mol.